The van der Waals surface area contributed by atoms with Gasteiger partial charge >= 0.3 is 6.18 Å². The standard InChI is InChI=1S/C36H38F4N4O2S/c1-3-42(4-2)20-21-43(22-25-8-12-27(13-9-25)28-14-16-29(17-15-28)36(38,39)40)33(45)23-44-32-7-5-6-31(32)34(46)41-35(44)47-24-26-10-18-30(37)19-11-26/h8-19H,3-7,20-24H2,1-2H3/i1D3,2D3,3D2,4D2,5D2,6D2,7D2. The Kier molecular flexibility index (Phi) is 6.23. The summed E-state index contributed by atoms with van der Waals surface area (Å²) >= 11 is 0.729. The fourth-order valence-electron chi connectivity index (χ4n) is 4.68. The van der Waals surface area contributed by atoms with Crippen LogP contribution in [-0.2, 0) is 42.6 Å². The van der Waals surface area contributed by atoms with Gasteiger partial charge in [-0.3, -0.25) is 9.59 Å². The molecule has 5 rings (SSSR count). The molecule has 0 aliphatic heterocycles. The van der Waals surface area contributed by atoms with E-state index in [4.69, 9.17) is 21.9 Å². The minimum absolute atomic E-state index is 0.0711. The van der Waals surface area contributed by atoms with Gasteiger partial charge in [-0.15, -0.1) is 0 Å². The van der Waals surface area contributed by atoms with Crippen LogP contribution in [0.5, 0.6) is 0 Å². The number of likely N-dealkylation sites (N-methyl/N-ethyl adjacent to an activating group) is 1. The van der Waals surface area contributed by atoms with Gasteiger partial charge in [0.05, 0.1) is 5.56 Å². The highest BCUT2D eigenvalue weighted by Gasteiger charge is 2.30. The first kappa shape index (κ1) is 19.1. The molecule has 248 valence electrons. The molecule has 1 aromatic heterocycles. The molecule has 4 aromatic rings. The molecule has 1 aliphatic rings. The van der Waals surface area contributed by atoms with Crippen molar-refractivity contribution in [2.24, 2.45) is 0 Å². The van der Waals surface area contributed by atoms with E-state index in [0.29, 0.717) is 16.7 Å². The van der Waals surface area contributed by atoms with Gasteiger partial charge in [-0.25, -0.2) is 4.39 Å². The largest absolute Gasteiger partial charge is 0.416 e. The second-order valence-corrected chi connectivity index (χ2v) is 11.2. The van der Waals surface area contributed by atoms with E-state index in [9.17, 15) is 27.2 Å². The lowest BCUT2D eigenvalue weighted by Gasteiger charge is -2.28. The number of aromatic nitrogens is 2. The second-order valence-electron chi connectivity index (χ2n) is 10.3. The number of halogens is 4. The van der Waals surface area contributed by atoms with Crippen LogP contribution >= 0.6 is 11.8 Å². The number of thioether (sulfide) groups is 1. The highest BCUT2D eigenvalue weighted by Crippen LogP contribution is 2.31. The second kappa shape index (κ2) is 15.3. The lowest BCUT2D eigenvalue weighted by Crippen LogP contribution is -2.40. The van der Waals surface area contributed by atoms with Crippen molar-refractivity contribution in [3.63, 3.8) is 0 Å². The van der Waals surface area contributed by atoms with Crippen molar-refractivity contribution < 1.29 is 44.3 Å². The number of carbonyl (C=O) groups is 1. The molecule has 0 bridgehead atoms. The summed E-state index contributed by atoms with van der Waals surface area (Å²) in [5.74, 6) is -1.74. The van der Waals surface area contributed by atoms with Crippen LogP contribution in [0.25, 0.3) is 11.1 Å². The van der Waals surface area contributed by atoms with E-state index in [1.54, 1.807) is 0 Å². The van der Waals surface area contributed by atoms with Gasteiger partial charge in [-0.05, 0) is 78.6 Å². The minimum Gasteiger partial charge on any atom is -0.336 e. The van der Waals surface area contributed by atoms with Crippen molar-refractivity contribution in [3.8, 4) is 11.1 Å². The van der Waals surface area contributed by atoms with E-state index in [0.717, 1.165) is 45.5 Å². The minimum atomic E-state index is -4.59. The third kappa shape index (κ3) is 8.70. The first-order valence-corrected chi connectivity index (χ1v) is 15.0. The number of carbonyl (C=O) groups excluding carboxylic acids is 1. The number of nitrogens with zero attached hydrogens (tertiary/aromatic N) is 4. The van der Waals surface area contributed by atoms with Crippen LogP contribution in [0.3, 0.4) is 0 Å². The van der Waals surface area contributed by atoms with Gasteiger partial charge in [0.2, 0.25) is 5.91 Å². The number of benzene rings is 3. The van der Waals surface area contributed by atoms with Crippen molar-refractivity contribution in [1.29, 1.82) is 0 Å². The Morgan fingerprint density at radius 3 is 2.23 bits per heavy atom. The SMILES string of the molecule is [2H]C([2H])([2H])C([2H])([2H])N(CCN(Cc1ccc(-c2ccc(C(F)(F)F)cc2)cc1)C(=O)Cn1c(SCc2ccc(F)cc2)nc(=O)c2c1C([2H])([2H])C([2H])([2H])C2([2H])[2H])C([2H])([2H])C([2H])([2H])[2H]. The highest BCUT2D eigenvalue weighted by atomic mass is 32.2. The first-order chi connectivity index (χ1) is 28.7. The molecule has 0 fully saturated rings. The van der Waals surface area contributed by atoms with Crippen LogP contribution in [0.4, 0.5) is 17.6 Å². The molecule has 1 aliphatic carbocycles. The maximum atomic E-state index is 14.6. The molecule has 0 unspecified atom stereocenters. The van der Waals surface area contributed by atoms with Crippen LogP contribution in [0, 0.1) is 5.82 Å². The van der Waals surface area contributed by atoms with E-state index in [1.807, 2.05) is 0 Å². The Hall–Kier alpha value is -3.96. The zero-order valence-corrected chi connectivity index (χ0v) is 25.3. The quantitative estimate of drug-likeness (QED) is 0.0847. The summed E-state index contributed by atoms with van der Waals surface area (Å²) in [5, 5.41) is -0.409. The van der Waals surface area contributed by atoms with Crippen LogP contribution in [0.15, 0.2) is 82.7 Å². The van der Waals surface area contributed by atoms with Gasteiger partial charge in [0.15, 0.2) is 5.16 Å². The molecule has 1 heterocycles. The summed E-state index contributed by atoms with van der Waals surface area (Å²) in [7, 11) is 0. The topological polar surface area (TPSA) is 58.4 Å². The average molecular weight is 683 g/mol. The molecule has 0 spiro atoms. The van der Waals surface area contributed by atoms with Gasteiger partial charge < -0.3 is 14.4 Å². The van der Waals surface area contributed by atoms with Gasteiger partial charge in [0.1, 0.15) is 12.4 Å². The van der Waals surface area contributed by atoms with E-state index in [2.05, 4.69) is 4.98 Å². The number of alkyl halides is 3. The smallest absolute Gasteiger partial charge is 0.336 e. The van der Waals surface area contributed by atoms with Gasteiger partial charge in [0.25, 0.3) is 5.56 Å². The molecule has 0 N–H and O–H groups in total. The predicted octanol–water partition coefficient (Wildman–Crippen LogP) is 7.22. The average Bonchev–Trinajstić information content (AvgIpc) is 3.27. The van der Waals surface area contributed by atoms with Crippen LogP contribution < -0.4 is 5.56 Å². The molecule has 0 atom stereocenters. The lowest BCUT2D eigenvalue weighted by atomic mass is 10.0. The fraction of sp³-hybridized carbons (Fsp3) is 0.361. The Morgan fingerprint density at radius 2 is 1.60 bits per heavy atom. The van der Waals surface area contributed by atoms with Crippen LogP contribution in [-0.4, -0.2) is 51.3 Å². The summed E-state index contributed by atoms with van der Waals surface area (Å²) in [5.41, 5.74) is -2.62. The summed E-state index contributed by atoms with van der Waals surface area (Å²) in [6, 6.07) is 15.1. The van der Waals surface area contributed by atoms with Crippen molar-refractivity contribution in [3.05, 3.63) is 117 Å². The monoisotopic (exact) mass is 682 g/mol. The summed E-state index contributed by atoms with van der Waals surface area (Å²) in [6.07, 6.45) is -14.6. The van der Waals surface area contributed by atoms with Gasteiger partial charge in [-0.1, -0.05) is 74.0 Å². The third-order valence-electron chi connectivity index (χ3n) is 7.18. The molecule has 1 amide bonds. The molecule has 6 nitrogen and oxygen atoms in total. The van der Waals surface area contributed by atoms with Crippen molar-refractivity contribution in [1.82, 2.24) is 19.4 Å². The number of amides is 1. The summed E-state index contributed by atoms with van der Waals surface area (Å²) in [4.78, 5) is 32.8. The van der Waals surface area contributed by atoms with Gasteiger partial charge in [-0.2, -0.15) is 18.2 Å². The van der Waals surface area contributed by atoms with E-state index in [-0.39, 0.29) is 16.2 Å². The van der Waals surface area contributed by atoms with E-state index >= 15 is 0 Å². The highest BCUT2D eigenvalue weighted by molar-refractivity contribution is 7.98. The Balaban J connectivity index is 1.61. The maximum absolute atomic E-state index is 14.6. The maximum Gasteiger partial charge on any atom is 0.416 e. The van der Waals surface area contributed by atoms with Crippen LogP contribution in [0.2, 0.25) is 0 Å². The molecule has 0 radical (unpaired) electrons. The lowest BCUT2D eigenvalue weighted by molar-refractivity contribution is -0.137. The van der Waals surface area contributed by atoms with E-state index < -0.39 is 117 Å². The number of rotatable bonds is 13. The van der Waals surface area contributed by atoms with Crippen LogP contribution in [0.1, 0.15) is 70.0 Å². The molecule has 47 heavy (non-hydrogen) atoms. The van der Waals surface area contributed by atoms with Gasteiger partial charge in [0, 0.05) is 58.6 Å². The third-order valence-corrected chi connectivity index (χ3v) is 8.23. The molecule has 11 heteroatoms. The van der Waals surface area contributed by atoms with E-state index in [1.165, 1.54) is 48.5 Å². The zero-order valence-electron chi connectivity index (χ0n) is 40.5. The Bertz CT molecular complexity index is 2350. The molecule has 3 aromatic carbocycles. The first-order valence-electron chi connectivity index (χ1n) is 22.0. The number of hydrogen-bond donors (Lipinski definition) is 0. The van der Waals surface area contributed by atoms with Crippen molar-refractivity contribution in [2.45, 2.75) is 63.0 Å². The Morgan fingerprint density at radius 1 is 0.957 bits per heavy atom. The fourth-order valence-corrected chi connectivity index (χ4v) is 5.63. The summed E-state index contributed by atoms with van der Waals surface area (Å²) in [6.45, 7) is -18.1. The predicted molar refractivity (Wildman–Crippen MR) is 177 cm³/mol. The number of fused-ring (bicyclic) bond motifs is 1. The zero-order chi connectivity index (χ0) is 47.5. The normalized spacial score (nSPS) is 22.2. The molecular weight excluding hydrogens is 628 g/mol. The van der Waals surface area contributed by atoms with Crippen molar-refractivity contribution >= 4 is 17.7 Å². The molecule has 0 saturated carbocycles. The molecular formula is C36H38F4N4O2S. The molecule has 0 saturated heterocycles. The van der Waals surface area contributed by atoms with Crippen molar-refractivity contribution in [2.75, 3.05) is 26.1 Å². The summed E-state index contributed by atoms with van der Waals surface area (Å²) < 4.78 is 186. The number of hydrogen-bond acceptors (Lipinski definition) is 5. The Labute approximate surface area is 298 Å².